The minimum absolute atomic E-state index is 0.0931. The molecule has 0 saturated heterocycles. The molecular formula is C17H22O4. The molecular weight excluding hydrogens is 268 g/mol. The Morgan fingerprint density at radius 1 is 1.33 bits per heavy atom. The van der Waals surface area contributed by atoms with Crippen molar-refractivity contribution in [2.24, 2.45) is 11.3 Å². The van der Waals surface area contributed by atoms with E-state index in [0.717, 1.165) is 5.56 Å². The number of aliphatic hydroxyl groups is 1. The number of ether oxygens (including phenoxy) is 2. The van der Waals surface area contributed by atoms with Crippen LogP contribution in [-0.4, -0.2) is 30.9 Å². The molecule has 0 aliphatic heterocycles. The Labute approximate surface area is 125 Å². The fourth-order valence-corrected chi connectivity index (χ4v) is 2.81. The first-order valence-corrected chi connectivity index (χ1v) is 7.09. The number of benzene rings is 1. The van der Waals surface area contributed by atoms with Gasteiger partial charge in [-0.3, -0.25) is 0 Å². The summed E-state index contributed by atoms with van der Waals surface area (Å²) >= 11 is 0. The second-order valence-corrected chi connectivity index (χ2v) is 5.77. The highest BCUT2D eigenvalue weighted by Gasteiger charge is 2.47. The molecule has 0 spiro atoms. The molecule has 1 aromatic rings. The van der Waals surface area contributed by atoms with Crippen LogP contribution in [0.5, 0.6) is 0 Å². The van der Waals surface area contributed by atoms with Gasteiger partial charge in [0.15, 0.2) is 0 Å². The van der Waals surface area contributed by atoms with E-state index in [1.807, 2.05) is 44.2 Å². The van der Waals surface area contributed by atoms with E-state index in [2.05, 4.69) is 0 Å². The molecule has 0 bridgehead atoms. The zero-order valence-electron chi connectivity index (χ0n) is 12.7. The Hall–Kier alpha value is -1.65. The number of esters is 1. The Morgan fingerprint density at radius 2 is 2.00 bits per heavy atom. The van der Waals surface area contributed by atoms with Crippen molar-refractivity contribution < 1.29 is 19.4 Å². The molecule has 21 heavy (non-hydrogen) atoms. The predicted octanol–water partition coefficient (Wildman–Crippen LogP) is 2.32. The first-order chi connectivity index (χ1) is 9.99. The first-order valence-electron chi connectivity index (χ1n) is 7.09. The molecule has 0 aromatic heterocycles. The van der Waals surface area contributed by atoms with Gasteiger partial charge in [-0.15, -0.1) is 0 Å². The van der Waals surface area contributed by atoms with Crippen LogP contribution < -0.4 is 0 Å². The van der Waals surface area contributed by atoms with Gasteiger partial charge in [-0.2, -0.15) is 0 Å². The second kappa shape index (κ2) is 6.41. The minimum Gasteiger partial charge on any atom is -0.466 e. The molecule has 4 nitrogen and oxygen atoms in total. The van der Waals surface area contributed by atoms with Crippen LogP contribution in [-0.2, 0) is 20.9 Å². The fraction of sp³-hybridized carbons (Fsp3) is 0.471. The molecule has 1 aromatic carbocycles. The summed E-state index contributed by atoms with van der Waals surface area (Å²) in [6, 6.07) is 9.81. The normalized spacial score (nSPS) is 28.3. The Morgan fingerprint density at radius 3 is 2.62 bits per heavy atom. The lowest BCUT2D eigenvalue weighted by Crippen LogP contribution is -2.39. The van der Waals surface area contributed by atoms with E-state index in [0.29, 0.717) is 12.2 Å². The van der Waals surface area contributed by atoms with Crippen molar-refractivity contribution >= 4 is 5.97 Å². The van der Waals surface area contributed by atoms with Gasteiger partial charge in [0.1, 0.15) is 0 Å². The summed E-state index contributed by atoms with van der Waals surface area (Å²) in [5, 5.41) is 10.4. The molecule has 1 aliphatic carbocycles. The average Bonchev–Trinajstić information content (AvgIpc) is 2.72. The molecule has 0 saturated carbocycles. The second-order valence-electron chi connectivity index (χ2n) is 5.77. The van der Waals surface area contributed by atoms with Crippen LogP contribution in [0.15, 0.2) is 42.0 Å². The van der Waals surface area contributed by atoms with Gasteiger partial charge in [-0.25, -0.2) is 4.79 Å². The molecule has 0 amide bonds. The Kier molecular flexibility index (Phi) is 4.80. The van der Waals surface area contributed by atoms with Gasteiger partial charge in [0.2, 0.25) is 0 Å². The van der Waals surface area contributed by atoms with E-state index >= 15 is 0 Å². The lowest BCUT2D eigenvalue weighted by molar-refractivity contribution is -0.139. The maximum atomic E-state index is 11.9. The molecule has 114 valence electrons. The standard InChI is InChI=1S/C17H22O4/c1-12-9-14(16(19)20-3)17(2,15(12)18)11-21-10-13-7-5-4-6-8-13/h4-9,12,15,18H,10-11H2,1-3H3/t12-,15-,17+/m0/s1. The van der Waals surface area contributed by atoms with Gasteiger partial charge in [-0.05, 0) is 5.56 Å². The van der Waals surface area contributed by atoms with Crippen LogP contribution in [0.2, 0.25) is 0 Å². The Bertz CT molecular complexity index is 523. The van der Waals surface area contributed by atoms with Crippen molar-refractivity contribution in [2.75, 3.05) is 13.7 Å². The average molecular weight is 290 g/mol. The lowest BCUT2D eigenvalue weighted by atomic mass is 9.80. The number of methoxy groups -OCH3 is 1. The highest BCUT2D eigenvalue weighted by Crippen LogP contribution is 2.42. The van der Waals surface area contributed by atoms with E-state index in [9.17, 15) is 9.90 Å². The number of hydrogen-bond acceptors (Lipinski definition) is 4. The summed E-state index contributed by atoms with van der Waals surface area (Å²) in [7, 11) is 1.35. The third kappa shape index (κ3) is 3.17. The third-order valence-electron chi connectivity index (χ3n) is 4.11. The van der Waals surface area contributed by atoms with Gasteiger partial charge >= 0.3 is 5.97 Å². The maximum Gasteiger partial charge on any atom is 0.334 e. The molecule has 1 N–H and O–H groups in total. The molecule has 4 heteroatoms. The van der Waals surface area contributed by atoms with Crippen molar-refractivity contribution in [2.45, 2.75) is 26.6 Å². The highest BCUT2D eigenvalue weighted by atomic mass is 16.5. The van der Waals surface area contributed by atoms with Crippen molar-refractivity contribution in [1.29, 1.82) is 0 Å². The fourth-order valence-electron chi connectivity index (χ4n) is 2.81. The predicted molar refractivity (Wildman–Crippen MR) is 79.5 cm³/mol. The topological polar surface area (TPSA) is 55.8 Å². The number of rotatable bonds is 5. The maximum absolute atomic E-state index is 11.9. The molecule has 0 radical (unpaired) electrons. The third-order valence-corrected chi connectivity index (χ3v) is 4.11. The van der Waals surface area contributed by atoms with Crippen LogP contribution >= 0.6 is 0 Å². The first kappa shape index (κ1) is 15.7. The highest BCUT2D eigenvalue weighted by molar-refractivity contribution is 5.90. The van der Waals surface area contributed by atoms with Crippen LogP contribution in [0.3, 0.4) is 0 Å². The SMILES string of the molecule is COC(=O)C1=C[C@H](C)[C@H](O)[C@]1(C)COCc1ccccc1. The van der Waals surface area contributed by atoms with E-state index in [-0.39, 0.29) is 12.5 Å². The van der Waals surface area contributed by atoms with E-state index in [4.69, 9.17) is 9.47 Å². The van der Waals surface area contributed by atoms with Gasteiger partial charge < -0.3 is 14.6 Å². The number of aliphatic hydroxyl groups excluding tert-OH is 1. The van der Waals surface area contributed by atoms with Crippen molar-refractivity contribution in [3.05, 3.63) is 47.5 Å². The van der Waals surface area contributed by atoms with Crippen LogP contribution in [0.25, 0.3) is 0 Å². The summed E-state index contributed by atoms with van der Waals surface area (Å²) in [4.78, 5) is 11.9. The number of carbonyl (C=O) groups is 1. The molecule has 2 rings (SSSR count). The molecule has 3 atom stereocenters. The summed E-state index contributed by atoms with van der Waals surface area (Å²) in [6.07, 6.45) is 1.13. The van der Waals surface area contributed by atoms with Crippen molar-refractivity contribution in [1.82, 2.24) is 0 Å². The molecule has 0 fully saturated rings. The summed E-state index contributed by atoms with van der Waals surface area (Å²) in [5.74, 6) is -0.492. The monoisotopic (exact) mass is 290 g/mol. The van der Waals surface area contributed by atoms with Crippen LogP contribution in [0.1, 0.15) is 19.4 Å². The molecule has 1 aliphatic rings. The van der Waals surface area contributed by atoms with Crippen LogP contribution in [0.4, 0.5) is 0 Å². The van der Waals surface area contributed by atoms with E-state index in [1.54, 1.807) is 6.08 Å². The van der Waals surface area contributed by atoms with Crippen molar-refractivity contribution in [3.8, 4) is 0 Å². The summed E-state index contributed by atoms with van der Waals surface area (Å²) in [5.41, 5.74) is 0.824. The van der Waals surface area contributed by atoms with Gasteiger partial charge in [0, 0.05) is 16.9 Å². The summed E-state index contributed by atoms with van der Waals surface area (Å²) in [6.45, 7) is 4.45. The quantitative estimate of drug-likeness (QED) is 0.846. The molecule has 0 unspecified atom stereocenters. The Balaban J connectivity index is 2.05. The smallest absolute Gasteiger partial charge is 0.334 e. The zero-order valence-corrected chi connectivity index (χ0v) is 12.7. The largest absolute Gasteiger partial charge is 0.466 e. The van der Waals surface area contributed by atoms with E-state index < -0.39 is 17.5 Å². The lowest BCUT2D eigenvalue weighted by Gasteiger charge is -2.31. The zero-order chi connectivity index (χ0) is 15.5. The minimum atomic E-state index is -0.735. The summed E-state index contributed by atoms with van der Waals surface area (Å²) < 4.78 is 10.6. The molecule has 0 heterocycles. The van der Waals surface area contributed by atoms with Crippen molar-refractivity contribution in [3.63, 3.8) is 0 Å². The number of hydrogen-bond donors (Lipinski definition) is 1. The van der Waals surface area contributed by atoms with Gasteiger partial charge in [0.05, 0.1) is 26.4 Å². The van der Waals surface area contributed by atoms with Crippen LogP contribution in [0, 0.1) is 11.3 Å². The van der Waals surface area contributed by atoms with Gasteiger partial charge in [0.25, 0.3) is 0 Å². The van der Waals surface area contributed by atoms with E-state index in [1.165, 1.54) is 7.11 Å². The number of carbonyl (C=O) groups excluding carboxylic acids is 1. The van der Waals surface area contributed by atoms with Gasteiger partial charge in [-0.1, -0.05) is 50.3 Å².